The summed E-state index contributed by atoms with van der Waals surface area (Å²) in [5, 5.41) is 2.54. The van der Waals surface area contributed by atoms with Crippen molar-refractivity contribution in [2.75, 3.05) is 20.6 Å². The number of carbonyl (C=O) groups is 2. The second-order valence-electron chi connectivity index (χ2n) is 4.87. The zero-order valence-corrected chi connectivity index (χ0v) is 10.8. The smallest absolute Gasteiger partial charge is 0.242 e. The molecule has 1 rings (SSSR count). The standard InChI is InChI=1S/C12H23N3O2/c1-14-10(16)6-9-15(2)11(17)12(13)7-4-3-5-8-12/h3-9,13H2,1-2H3,(H,14,16). The Morgan fingerprint density at radius 2 is 1.88 bits per heavy atom. The molecule has 0 bridgehead atoms. The van der Waals surface area contributed by atoms with E-state index < -0.39 is 5.54 Å². The third-order valence-electron chi connectivity index (χ3n) is 3.47. The molecule has 2 amide bonds. The van der Waals surface area contributed by atoms with Crippen LogP contribution in [0.5, 0.6) is 0 Å². The van der Waals surface area contributed by atoms with Gasteiger partial charge in [0.1, 0.15) is 0 Å². The molecule has 0 heterocycles. The summed E-state index contributed by atoms with van der Waals surface area (Å²) in [6, 6.07) is 0. The van der Waals surface area contributed by atoms with Crippen LogP contribution >= 0.6 is 0 Å². The topological polar surface area (TPSA) is 75.4 Å². The van der Waals surface area contributed by atoms with Crippen molar-refractivity contribution in [3.05, 3.63) is 0 Å². The molecule has 0 aliphatic heterocycles. The molecule has 1 aliphatic rings. The number of rotatable bonds is 4. The Kier molecular flexibility index (Phi) is 4.93. The van der Waals surface area contributed by atoms with E-state index in [2.05, 4.69) is 5.32 Å². The SMILES string of the molecule is CNC(=O)CCN(C)C(=O)C1(N)CCCCC1. The van der Waals surface area contributed by atoms with Crippen molar-refractivity contribution >= 4 is 11.8 Å². The fourth-order valence-corrected chi connectivity index (χ4v) is 2.27. The number of likely N-dealkylation sites (N-methyl/N-ethyl adjacent to an activating group) is 1. The van der Waals surface area contributed by atoms with Gasteiger partial charge in [0.25, 0.3) is 0 Å². The molecular formula is C12H23N3O2. The van der Waals surface area contributed by atoms with Crippen molar-refractivity contribution in [3.8, 4) is 0 Å². The Labute approximate surface area is 103 Å². The average molecular weight is 241 g/mol. The predicted molar refractivity (Wildman–Crippen MR) is 66.3 cm³/mol. The molecule has 0 aromatic rings. The zero-order chi connectivity index (χ0) is 12.9. The summed E-state index contributed by atoms with van der Waals surface area (Å²) in [6.07, 6.45) is 5.05. The van der Waals surface area contributed by atoms with E-state index in [1.165, 1.54) is 0 Å². The van der Waals surface area contributed by atoms with Gasteiger partial charge in [-0.2, -0.15) is 0 Å². The number of carbonyl (C=O) groups excluding carboxylic acids is 2. The number of hydrogen-bond acceptors (Lipinski definition) is 3. The van der Waals surface area contributed by atoms with Crippen LogP contribution in [0.15, 0.2) is 0 Å². The summed E-state index contributed by atoms with van der Waals surface area (Å²) in [5.74, 6) is -0.0829. The second-order valence-corrected chi connectivity index (χ2v) is 4.87. The third-order valence-corrected chi connectivity index (χ3v) is 3.47. The number of amides is 2. The zero-order valence-electron chi connectivity index (χ0n) is 10.8. The van der Waals surface area contributed by atoms with Crippen LogP contribution in [0.3, 0.4) is 0 Å². The van der Waals surface area contributed by atoms with Gasteiger partial charge < -0.3 is 16.0 Å². The van der Waals surface area contributed by atoms with E-state index in [0.717, 1.165) is 32.1 Å². The Hall–Kier alpha value is -1.10. The second kappa shape index (κ2) is 6.00. The normalized spacial score (nSPS) is 18.5. The van der Waals surface area contributed by atoms with Crippen LogP contribution in [0.1, 0.15) is 38.5 Å². The first-order chi connectivity index (χ1) is 7.99. The number of hydrogen-bond donors (Lipinski definition) is 2. The summed E-state index contributed by atoms with van der Waals surface area (Å²) in [5.41, 5.74) is 5.45. The first-order valence-corrected chi connectivity index (χ1v) is 6.24. The molecule has 0 aromatic heterocycles. The van der Waals surface area contributed by atoms with Crippen LogP contribution in [0.2, 0.25) is 0 Å². The minimum atomic E-state index is -0.699. The lowest BCUT2D eigenvalue weighted by molar-refractivity contribution is -0.137. The number of nitrogens with one attached hydrogen (secondary N) is 1. The molecule has 5 nitrogen and oxygen atoms in total. The van der Waals surface area contributed by atoms with Crippen LogP contribution < -0.4 is 11.1 Å². The van der Waals surface area contributed by atoms with Gasteiger partial charge in [-0.1, -0.05) is 19.3 Å². The molecule has 0 saturated heterocycles. The maximum atomic E-state index is 12.2. The quantitative estimate of drug-likeness (QED) is 0.740. The molecule has 98 valence electrons. The van der Waals surface area contributed by atoms with E-state index in [1.807, 2.05) is 0 Å². The molecule has 0 unspecified atom stereocenters. The number of nitrogens with zero attached hydrogens (tertiary/aromatic N) is 1. The van der Waals surface area contributed by atoms with E-state index in [1.54, 1.807) is 19.0 Å². The fourth-order valence-electron chi connectivity index (χ4n) is 2.27. The van der Waals surface area contributed by atoms with Gasteiger partial charge in [-0.05, 0) is 12.8 Å². The van der Waals surface area contributed by atoms with Crippen LogP contribution in [-0.2, 0) is 9.59 Å². The molecule has 17 heavy (non-hydrogen) atoms. The molecule has 1 saturated carbocycles. The summed E-state index contributed by atoms with van der Waals surface area (Å²) < 4.78 is 0. The van der Waals surface area contributed by atoms with Crippen LogP contribution in [0, 0.1) is 0 Å². The molecule has 1 fully saturated rings. The first kappa shape index (κ1) is 14.0. The maximum Gasteiger partial charge on any atom is 0.242 e. The highest BCUT2D eigenvalue weighted by Gasteiger charge is 2.37. The van der Waals surface area contributed by atoms with E-state index in [4.69, 9.17) is 5.73 Å². The van der Waals surface area contributed by atoms with E-state index in [0.29, 0.717) is 13.0 Å². The van der Waals surface area contributed by atoms with Crippen LogP contribution in [0.4, 0.5) is 0 Å². The van der Waals surface area contributed by atoms with Gasteiger partial charge in [0.05, 0.1) is 5.54 Å². The average Bonchev–Trinajstić information content (AvgIpc) is 2.35. The molecule has 5 heteroatoms. The molecule has 0 radical (unpaired) electrons. The van der Waals surface area contributed by atoms with Crippen LogP contribution in [-0.4, -0.2) is 42.9 Å². The van der Waals surface area contributed by atoms with Gasteiger partial charge in [0.15, 0.2) is 0 Å². The van der Waals surface area contributed by atoms with Gasteiger partial charge >= 0.3 is 0 Å². The molecular weight excluding hydrogens is 218 g/mol. The highest BCUT2D eigenvalue weighted by atomic mass is 16.2. The lowest BCUT2D eigenvalue weighted by Gasteiger charge is -2.35. The van der Waals surface area contributed by atoms with Crippen molar-refractivity contribution in [1.29, 1.82) is 0 Å². The van der Waals surface area contributed by atoms with Gasteiger partial charge in [0, 0.05) is 27.1 Å². The predicted octanol–water partition coefficient (Wildman–Crippen LogP) is 0.243. The first-order valence-electron chi connectivity index (χ1n) is 6.24. The van der Waals surface area contributed by atoms with Crippen molar-refractivity contribution < 1.29 is 9.59 Å². The van der Waals surface area contributed by atoms with Crippen molar-refractivity contribution in [2.45, 2.75) is 44.1 Å². The van der Waals surface area contributed by atoms with Crippen molar-refractivity contribution in [1.82, 2.24) is 10.2 Å². The largest absolute Gasteiger partial charge is 0.359 e. The molecule has 0 atom stereocenters. The van der Waals surface area contributed by atoms with Crippen LogP contribution in [0.25, 0.3) is 0 Å². The molecule has 3 N–H and O–H groups in total. The maximum absolute atomic E-state index is 12.2. The number of nitrogens with two attached hydrogens (primary N) is 1. The monoisotopic (exact) mass is 241 g/mol. The van der Waals surface area contributed by atoms with E-state index in [9.17, 15) is 9.59 Å². The molecule has 0 spiro atoms. The summed E-state index contributed by atoms with van der Waals surface area (Å²) >= 11 is 0. The van der Waals surface area contributed by atoms with Gasteiger partial charge in [-0.3, -0.25) is 9.59 Å². The summed E-state index contributed by atoms with van der Waals surface area (Å²) in [6.45, 7) is 0.428. The summed E-state index contributed by atoms with van der Waals surface area (Å²) in [7, 11) is 3.31. The van der Waals surface area contributed by atoms with E-state index in [-0.39, 0.29) is 11.8 Å². The Morgan fingerprint density at radius 3 is 2.41 bits per heavy atom. The lowest BCUT2D eigenvalue weighted by Crippen LogP contribution is -2.55. The Balaban J connectivity index is 2.47. The van der Waals surface area contributed by atoms with Crippen molar-refractivity contribution in [2.24, 2.45) is 5.73 Å². The molecule has 0 aromatic carbocycles. The summed E-state index contributed by atoms with van der Waals surface area (Å²) in [4.78, 5) is 24.9. The molecule has 1 aliphatic carbocycles. The third kappa shape index (κ3) is 3.70. The van der Waals surface area contributed by atoms with Crippen molar-refractivity contribution in [3.63, 3.8) is 0 Å². The minimum Gasteiger partial charge on any atom is -0.359 e. The highest BCUT2D eigenvalue weighted by Crippen LogP contribution is 2.27. The van der Waals surface area contributed by atoms with Gasteiger partial charge in [-0.15, -0.1) is 0 Å². The fraction of sp³-hybridized carbons (Fsp3) is 0.833. The lowest BCUT2D eigenvalue weighted by atomic mass is 9.81. The Bertz CT molecular complexity index is 285. The van der Waals surface area contributed by atoms with Gasteiger partial charge in [0.2, 0.25) is 11.8 Å². The van der Waals surface area contributed by atoms with E-state index >= 15 is 0 Å². The minimum absolute atomic E-state index is 0.0268. The highest BCUT2D eigenvalue weighted by molar-refractivity contribution is 5.86. The Morgan fingerprint density at radius 1 is 1.29 bits per heavy atom. The van der Waals surface area contributed by atoms with Gasteiger partial charge in [-0.25, -0.2) is 0 Å².